The second kappa shape index (κ2) is 6.07. The average Bonchev–Trinajstić information content (AvgIpc) is 2.53. The maximum Gasteiger partial charge on any atom is 0.253 e. The maximum absolute atomic E-state index is 12.4. The molecule has 0 aromatic rings. The number of hydrogen-bond acceptors (Lipinski definition) is 4. The molecule has 5 heteroatoms. The molecular formula is C12H22N2O2S. The molecule has 1 amide bonds. The third-order valence-corrected chi connectivity index (χ3v) is 4.51. The van der Waals surface area contributed by atoms with Gasteiger partial charge in [0.05, 0.1) is 6.61 Å². The molecule has 2 saturated heterocycles. The molecule has 2 rings (SSSR count). The first-order valence-corrected chi connectivity index (χ1v) is 7.52. The Morgan fingerprint density at radius 2 is 2.18 bits per heavy atom. The Bertz CT molecular complexity index is 275. The van der Waals surface area contributed by atoms with Crippen LogP contribution in [-0.2, 0) is 9.53 Å². The van der Waals surface area contributed by atoms with Gasteiger partial charge >= 0.3 is 0 Å². The molecular weight excluding hydrogens is 236 g/mol. The standard InChI is InChI=1S/C12H22N2O2S/c1-10-3-7-17-8-5-14(10)12(15)11-9-13(2)4-6-16-11/h10-11H,3-9H2,1-2H3. The number of likely N-dealkylation sites (N-methyl/N-ethyl adjacent to an activating group) is 1. The largest absolute Gasteiger partial charge is 0.366 e. The second-order valence-corrected chi connectivity index (χ2v) is 6.13. The summed E-state index contributed by atoms with van der Waals surface area (Å²) in [6, 6.07) is 0.355. The number of morpholine rings is 1. The lowest BCUT2D eigenvalue weighted by molar-refractivity contribution is -0.150. The molecule has 2 fully saturated rings. The second-order valence-electron chi connectivity index (χ2n) is 4.90. The van der Waals surface area contributed by atoms with Crippen LogP contribution in [0.5, 0.6) is 0 Å². The number of carbonyl (C=O) groups excluding carboxylic acids is 1. The fraction of sp³-hybridized carbons (Fsp3) is 0.917. The average molecular weight is 258 g/mol. The monoisotopic (exact) mass is 258 g/mol. The summed E-state index contributed by atoms with van der Waals surface area (Å²) in [4.78, 5) is 16.6. The summed E-state index contributed by atoms with van der Waals surface area (Å²) in [5.41, 5.74) is 0. The summed E-state index contributed by atoms with van der Waals surface area (Å²) in [6.45, 7) is 5.35. The molecule has 98 valence electrons. The van der Waals surface area contributed by atoms with Crippen LogP contribution < -0.4 is 0 Å². The lowest BCUT2D eigenvalue weighted by Crippen LogP contribution is -2.52. The van der Waals surface area contributed by atoms with Gasteiger partial charge in [0.25, 0.3) is 5.91 Å². The molecule has 0 aromatic heterocycles. The lowest BCUT2D eigenvalue weighted by atomic mass is 10.1. The first-order valence-electron chi connectivity index (χ1n) is 6.37. The number of ether oxygens (including phenoxy) is 1. The van der Waals surface area contributed by atoms with E-state index in [1.807, 2.05) is 23.7 Å². The number of hydrogen-bond donors (Lipinski definition) is 0. The first-order chi connectivity index (χ1) is 8.18. The van der Waals surface area contributed by atoms with Gasteiger partial charge in [-0.15, -0.1) is 0 Å². The minimum absolute atomic E-state index is 0.187. The fourth-order valence-corrected chi connectivity index (χ4v) is 3.37. The summed E-state index contributed by atoms with van der Waals surface area (Å²) in [5.74, 6) is 2.40. The van der Waals surface area contributed by atoms with E-state index in [1.165, 1.54) is 0 Å². The van der Waals surface area contributed by atoms with Crippen molar-refractivity contribution in [3.63, 3.8) is 0 Å². The zero-order valence-electron chi connectivity index (χ0n) is 10.7. The van der Waals surface area contributed by atoms with Gasteiger partial charge in [-0.3, -0.25) is 4.79 Å². The van der Waals surface area contributed by atoms with E-state index in [0.29, 0.717) is 12.6 Å². The summed E-state index contributed by atoms with van der Waals surface area (Å²) in [7, 11) is 2.05. The van der Waals surface area contributed by atoms with E-state index >= 15 is 0 Å². The summed E-state index contributed by atoms with van der Waals surface area (Å²) in [5, 5.41) is 0. The zero-order valence-corrected chi connectivity index (χ0v) is 11.5. The predicted molar refractivity (Wildman–Crippen MR) is 70.4 cm³/mol. The Labute approximate surface area is 108 Å². The van der Waals surface area contributed by atoms with Gasteiger partial charge in [0.15, 0.2) is 0 Å². The molecule has 2 heterocycles. The molecule has 0 radical (unpaired) electrons. The Morgan fingerprint density at radius 1 is 1.35 bits per heavy atom. The molecule has 4 nitrogen and oxygen atoms in total. The van der Waals surface area contributed by atoms with Crippen LogP contribution in [0.25, 0.3) is 0 Å². The Hall–Kier alpha value is -0.260. The lowest BCUT2D eigenvalue weighted by Gasteiger charge is -2.35. The number of amides is 1. The van der Waals surface area contributed by atoms with Crippen molar-refractivity contribution in [2.75, 3.05) is 44.8 Å². The smallest absolute Gasteiger partial charge is 0.253 e. The molecule has 2 unspecified atom stereocenters. The molecule has 0 aromatic carbocycles. The number of rotatable bonds is 1. The van der Waals surface area contributed by atoms with E-state index < -0.39 is 0 Å². The van der Waals surface area contributed by atoms with Crippen LogP contribution in [0, 0.1) is 0 Å². The van der Waals surface area contributed by atoms with E-state index in [0.717, 1.165) is 37.6 Å². The van der Waals surface area contributed by atoms with E-state index in [2.05, 4.69) is 11.8 Å². The summed E-state index contributed by atoms with van der Waals surface area (Å²) in [6.07, 6.45) is 0.846. The van der Waals surface area contributed by atoms with E-state index in [-0.39, 0.29) is 12.0 Å². The van der Waals surface area contributed by atoms with E-state index in [9.17, 15) is 4.79 Å². The number of thioether (sulfide) groups is 1. The van der Waals surface area contributed by atoms with Crippen LogP contribution in [0.2, 0.25) is 0 Å². The van der Waals surface area contributed by atoms with Crippen LogP contribution in [0.3, 0.4) is 0 Å². The number of carbonyl (C=O) groups is 1. The molecule has 0 bridgehead atoms. The highest BCUT2D eigenvalue weighted by Gasteiger charge is 2.31. The van der Waals surface area contributed by atoms with Gasteiger partial charge in [0.1, 0.15) is 6.10 Å². The fourth-order valence-electron chi connectivity index (χ4n) is 2.33. The van der Waals surface area contributed by atoms with Crippen molar-refractivity contribution in [2.24, 2.45) is 0 Å². The van der Waals surface area contributed by atoms with Crippen molar-refractivity contribution < 1.29 is 9.53 Å². The van der Waals surface area contributed by atoms with Crippen LogP contribution in [-0.4, -0.2) is 72.6 Å². The number of nitrogens with zero attached hydrogens (tertiary/aromatic N) is 2. The minimum Gasteiger partial charge on any atom is -0.366 e. The molecule has 2 aliphatic rings. The molecule has 0 saturated carbocycles. The minimum atomic E-state index is -0.251. The normalized spacial score (nSPS) is 32.2. The molecule has 0 aliphatic carbocycles. The predicted octanol–water partition coefficient (Wildman–Crippen LogP) is 0.671. The van der Waals surface area contributed by atoms with Gasteiger partial charge in [-0.05, 0) is 26.1 Å². The zero-order chi connectivity index (χ0) is 12.3. The molecule has 17 heavy (non-hydrogen) atoms. The topological polar surface area (TPSA) is 32.8 Å². The van der Waals surface area contributed by atoms with Crippen molar-refractivity contribution >= 4 is 17.7 Å². The Balaban J connectivity index is 1.97. The summed E-state index contributed by atoms with van der Waals surface area (Å²) >= 11 is 1.94. The maximum atomic E-state index is 12.4. The van der Waals surface area contributed by atoms with Gasteiger partial charge in [-0.25, -0.2) is 0 Å². The van der Waals surface area contributed by atoms with Gasteiger partial charge in [0, 0.05) is 31.4 Å². The highest BCUT2D eigenvalue weighted by Crippen LogP contribution is 2.18. The van der Waals surface area contributed by atoms with Crippen LogP contribution in [0.1, 0.15) is 13.3 Å². The van der Waals surface area contributed by atoms with Crippen LogP contribution in [0.4, 0.5) is 0 Å². The van der Waals surface area contributed by atoms with Gasteiger partial charge in [0.2, 0.25) is 0 Å². The van der Waals surface area contributed by atoms with Gasteiger partial charge in [-0.1, -0.05) is 0 Å². The quantitative estimate of drug-likeness (QED) is 0.692. The first kappa shape index (κ1) is 13.2. The van der Waals surface area contributed by atoms with Crippen molar-refractivity contribution in [3.05, 3.63) is 0 Å². The van der Waals surface area contributed by atoms with Crippen LogP contribution in [0.15, 0.2) is 0 Å². The van der Waals surface area contributed by atoms with Crippen molar-refractivity contribution in [3.8, 4) is 0 Å². The van der Waals surface area contributed by atoms with Crippen LogP contribution >= 0.6 is 11.8 Å². The molecule has 0 spiro atoms. The van der Waals surface area contributed by atoms with Crippen molar-refractivity contribution in [1.82, 2.24) is 9.80 Å². The Kier molecular flexibility index (Phi) is 4.70. The van der Waals surface area contributed by atoms with Gasteiger partial charge < -0.3 is 14.5 Å². The molecule has 2 aliphatic heterocycles. The van der Waals surface area contributed by atoms with Crippen molar-refractivity contribution in [2.45, 2.75) is 25.5 Å². The molecule has 2 atom stereocenters. The van der Waals surface area contributed by atoms with E-state index in [1.54, 1.807) is 0 Å². The highest BCUT2D eigenvalue weighted by atomic mass is 32.2. The Morgan fingerprint density at radius 3 is 2.94 bits per heavy atom. The SMILES string of the molecule is CC1CCSCCN1C(=O)C1CN(C)CCO1. The third-order valence-electron chi connectivity index (χ3n) is 3.52. The van der Waals surface area contributed by atoms with E-state index in [4.69, 9.17) is 4.74 Å². The van der Waals surface area contributed by atoms with Gasteiger partial charge in [-0.2, -0.15) is 11.8 Å². The summed E-state index contributed by atoms with van der Waals surface area (Å²) < 4.78 is 5.61. The highest BCUT2D eigenvalue weighted by molar-refractivity contribution is 7.99. The van der Waals surface area contributed by atoms with Crippen molar-refractivity contribution in [1.29, 1.82) is 0 Å². The molecule has 0 N–H and O–H groups in total. The third kappa shape index (κ3) is 3.36.